The summed E-state index contributed by atoms with van der Waals surface area (Å²) in [6.45, 7) is 0. The Morgan fingerprint density at radius 2 is 1.77 bits per heavy atom. The Labute approximate surface area is 148 Å². The van der Waals surface area contributed by atoms with Crippen molar-refractivity contribution in [3.05, 3.63) is 78.8 Å². The van der Waals surface area contributed by atoms with E-state index in [0.29, 0.717) is 16.8 Å². The fourth-order valence-corrected chi connectivity index (χ4v) is 3.36. The van der Waals surface area contributed by atoms with E-state index in [4.69, 9.17) is 0 Å². The summed E-state index contributed by atoms with van der Waals surface area (Å²) >= 11 is 0. The minimum Gasteiger partial charge on any atom is -0.345 e. The van der Waals surface area contributed by atoms with Gasteiger partial charge in [0.25, 0.3) is 5.91 Å². The molecule has 1 amide bonds. The molecule has 3 aromatic carbocycles. The van der Waals surface area contributed by atoms with Crippen molar-refractivity contribution in [1.82, 2.24) is 15.0 Å². The number of carbonyl (C=O) groups excluding carboxylic acids is 1. The Morgan fingerprint density at radius 1 is 0.885 bits per heavy atom. The van der Waals surface area contributed by atoms with Crippen molar-refractivity contribution in [3.63, 3.8) is 0 Å². The first-order valence-electron chi connectivity index (χ1n) is 8.31. The maximum Gasteiger partial charge on any atom is 0.257 e. The van der Waals surface area contributed by atoms with Crippen molar-refractivity contribution in [2.45, 2.75) is 0 Å². The predicted octanol–water partition coefficient (Wildman–Crippen LogP) is 4.52. The van der Waals surface area contributed by atoms with E-state index in [1.165, 1.54) is 0 Å². The molecule has 5 aromatic rings. The highest BCUT2D eigenvalue weighted by atomic mass is 16.1. The zero-order valence-electron chi connectivity index (χ0n) is 13.7. The summed E-state index contributed by atoms with van der Waals surface area (Å²) in [6, 6.07) is 19.4. The van der Waals surface area contributed by atoms with Crippen LogP contribution in [0.1, 0.15) is 10.4 Å². The lowest BCUT2D eigenvalue weighted by molar-refractivity contribution is 0.102. The van der Waals surface area contributed by atoms with Crippen molar-refractivity contribution in [2.75, 3.05) is 5.32 Å². The van der Waals surface area contributed by atoms with Gasteiger partial charge < -0.3 is 10.3 Å². The molecule has 0 aliphatic carbocycles. The van der Waals surface area contributed by atoms with Gasteiger partial charge in [-0.25, -0.2) is 4.98 Å². The number of H-pyrrole nitrogens is 1. The Balaban J connectivity index is 1.68. The first-order chi connectivity index (χ1) is 12.8. The summed E-state index contributed by atoms with van der Waals surface area (Å²) in [6.07, 6.45) is 3.33. The van der Waals surface area contributed by atoms with E-state index in [9.17, 15) is 4.79 Å². The molecule has 5 nitrogen and oxygen atoms in total. The molecule has 0 aliphatic rings. The molecule has 2 aromatic heterocycles. The maximum absolute atomic E-state index is 13.0. The van der Waals surface area contributed by atoms with Crippen LogP contribution in [0, 0.1) is 0 Å². The van der Waals surface area contributed by atoms with Crippen LogP contribution in [-0.2, 0) is 0 Å². The standard InChI is InChI=1S/C21H14N4O/c26-21(25-18-9-3-8-17-20(18)24-12-23-17)16-11-13-5-1-2-6-14(13)15-7-4-10-22-19(15)16/h1-12H,(H,23,24)(H,25,26). The molecular formula is C21H14N4O. The number of nitrogens with one attached hydrogen (secondary N) is 2. The Bertz CT molecular complexity index is 1290. The third-order valence-electron chi connectivity index (χ3n) is 4.56. The van der Waals surface area contributed by atoms with Gasteiger partial charge in [0.15, 0.2) is 0 Å². The number of para-hydroxylation sites is 1. The quantitative estimate of drug-likeness (QED) is 0.465. The molecule has 0 spiro atoms. The van der Waals surface area contributed by atoms with Crippen molar-refractivity contribution in [1.29, 1.82) is 0 Å². The van der Waals surface area contributed by atoms with E-state index >= 15 is 0 Å². The molecule has 0 bridgehead atoms. The molecule has 0 unspecified atom stereocenters. The van der Waals surface area contributed by atoms with Gasteiger partial charge in [-0.3, -0.25) is 9.78 Å². The molecule has 26 heavy (non-hydrogen) atoms. The summed E-state index contributed by atoms with van der Waals surface area (Å²) in [5, 5.41) is 6.04. The minimum atomic E-state index is -0.199. The smallest absolute Gasteiger partial charge is 0.257 e. The lowest BCUT2D eigenvalue weighted by Crippen LogP contribution is -2.13. The highest BCUT2D eigenvalue weighted by Crippen LogP contribution is 2.28. The number of benzene rings is 3. The average Bonchev–Trinajstić information content (AvgIpc) is 3.17. The number of aromatic nitrogens is 3. The van der Waals surface area contributed by atoms with Crippen molar-refractivity contribution < 1.29 is 4.79 Å². The van der Waals surface area contributed by atoms with Crippen LogP contribution in [0.15, 0.2) is 73.2 Å². The third-order valence-corrected chi connectivity index (χ3v) is 4.56. The topological polar surface area (TPSA) is 70.7 Å². The van der Waals surface area contributed by atoms with Gasteiger partial charge in [0.2, 0.25) is 0 Å². The molecule has 5 heteroatoms. The molecule has 5 rings (SSSR count). The highest BCUT2D eigenvalue weighted by Gasteiger charge is 2.15. The van der Waals surface area contributed by atoms with Crippen LogP contribution in [0.4, 0.5) is 5.69 Å². The number of carbonyl (C=O) groups is 1. The normalized spacial score (nSPS) is 11.2. The van der Waals surface area contributed by atoms with Gasteiger partial charge in [0.05, 0.1) is 28.6 Å². The number of imidazole rings is 1. The number of fused-ring (bicyclic) bond motifs is 4. The lowest BCUT2D eigenvalue weighted by Gasteiger charge is -2.10. The van der Waals surface area contributed by atoms with Crippen LogP contribution in [0.5, 0.6) is 0 Å². The molecule has 0 aliphatic heterocycles. The van der Waals surface area contributed by atoms with Gasteiger partial charge in [-0.2, -0.15) is 0 Å². The SMILES string of the molecule is O=C(Nc1cccc2[nH]cnc12)c1cc2ccccc2c2cccnc12. The molecular weight excluding hydrogens is 324 g/mol. The first kappa shape index (κ1) is 14.6. The van der Waals surface area contributed by atoms with E-state index in [1.807, 2.05) is 60.7 Å². The number of hydrogen-bond acceptors (Lipinski definition) is 3. The fraction of sp³-hybridized carbons (Fsp3) is 0. The van der Waals surface area contributed by atoms with E-state index in [-0.39, 0.29) is 5.91 Å². The van der Waals surface area contributed by atoms with Gasteiger partial charge in [0, 0.05) is 11.6 Å². The average molecular weight is 338 g/mol. The summed E-state index contributed by atoms with van der Waals surface area (Å²) in [7, 11) is 0. The first-order valence-corrected chi connectivity index (χ1v) is 8.31. The monoisotopic (exact) mass is 338 g/mol. The Hall–Kier alpha value is -3.73. The number of rotatable bonds is 2. The zero-order valence-corrected chi connectivity index (χ0v) is 13.7. The van der Waals surface area contributed by atoms with Crippen LogP contribution in [0.2, 0.25) is 0 Å². The second-order valence-corrected chi connectivity index (χ2v) is 6.10. The van der Waals surface area contributed by atoms with Crippen LogP contribution in [0.3, 0.4) is 0 Å². The van der Waals surface area contributed by atoms with Crippen LogP contribution in [-0.4, -0.2) is 20.9 Å². The molecule has 0 atom stereocenters. The number of hydrogen-bond donors (Lipinski definition) is 2. The molecule has 0 saturated carbocycles. The van der Waals surface area contributed by atoms with Gasteiger partial charge >= 0.3 is 0 Å². The Morgan fingerprint density at radius 3 is 2.73 bits per heavy atom. The van der Waals surface area contributed by atoms with Crippen molar-refractivity contribution >= 4 is 44.3 Å². The van der Waals surface area contributed by atoms with E-state index < -0.39 is 0 Å². The number of pyridine rings is 1. The number of anilines is 1. The minimum absolute atomic E-state index is 0.199. The van der Waals surface area contributed by atoms with E-state index in [2.05, 4.69) is 20.3 Å². The highest BCUT2D eigenvalue weighted by molar-refractivity contribution is 6.19. The second-order valence-electron chi connectivity index (χ2n) is 6.10. The summed E-state index contributed by atoms with van der Waals surface area (Å²) in [4.78, 5) is 24.9. The second kappa shape index (κ2) is 5.67. The zero-order chi connectivity index (χ0) is 17.5. The maximum atomic E-state index is 13.0. The van der Waals surface area contributed by atoms with Crippen LogP contribution >= 0.6 is 0 Å². The molecule has 2 heterocycles. The summed E-state index contributed by atoms with van der Waals surface area (Å²) in [5.74, 6) is -0.199. The predicted molar refractivity (Wildman–Crippen MR) is 103 cm³/mol. The largest absolute Gasteiger partial charge is 0.345 e. The van der Waals surface area contributed by atoms with Crippen LogP contribution in [0.25, 0.3) is 32.7 Å². The number of amides is 1. The van der Waals surface area contributed by atoms with E-state index in [0.717, 1.165) is 27.2 Å². The summed E-state index contributed by atoms with van der Waals surface area (Å²) < 4.78 is 0. The van der Waals surface area contributed by atoms with Gasteiger partial charge in [-0.05, 0) is 35.0 Å². The Kier molecular flexibility index (Phi) is 3.18. The third kappa shape index (κ3) is 2.22. The molecule has 0 fully saturated rings. The molecule has 0 radical (unpaired) electrons. The van der Waals surface area contributed by atoms with Crippen molar-refractivity contribution in [2.24, 2.45) is 0 Å². The van der Waals surface area contributed by atoms with Crippen LogP contribution < -0.4 is 5.32 Å². The molecule has 0 saturated heterocycles. The fourth-order valence-electron chi connectivity index (χ4n) is 3.36. The molecule has 2 N–H and O–H groups in total. The van der Waals surface area contributed by atoms with Gasteiger partial charge in [0.1, 0.15) is 5.52 Å². The number of aromatic amines is 1. The van der Waals surface area contributed by atoms with Gasteiger partial charge in [-0.15, -0.1) is 0 Å². The molecule has 124 valence electrons. The van der Waals surface area contributed by atoms with Crippen molar-refractivity contribution in [3.8, 4) is 0 Å². The van der Waals surface area contributed by atoms with E-state index in [1.54, 1.807) is 12.5 Å². The van der Waals surface area contributed by atoms with Gasteiger partial charge in [-0.1, -0.05) is 36.4 Å². The lowest BCUT2D eigenvalue weighted by atomic mass is 10.0. The summed E-state index contributed by atoms with van der Waals surface area (Å²) in [5.41, 5.74) is 3.53. The number of nitrogens with zero attached hydrogens (tertiary/aromatic N) is 2.